The Bertz CT molecular complexity index is 939. The summed E-state index contributed by atoms with van der Waals surface area (Å²) in [5.41, 5.74) is 1.29. The number of amides is 1. The maximum absolute atomic E-state index is 12.4. The van der Waals surface area contributed by atoms with E-state index in [1.165, 1.54) is 11.8 Å². The molecule has 0 saturated heterocycles. The largest absolute Gasteiger partial charge is 0.495 e. The quantitative estimate of drug-likeness (QED) is 0.631. The van der Waals surface area contributed by atoms with E-state index >= 15 is 0 Å². The molecular formula is C21H19NO3S. The van der Waals surface area contributed by atoms with Gasteiger partial charge in [0.15, 0.2) is 5.78 Å². The van der Waals surface area contributed by atoms with Crippen LogP contribution in [0.4, 0.5) is 5.69 Å². The standard InChI is InChI=1S/C21H19NO3S/c1-25-20-9-5-4-8-18(20)22-21(24)14-26-13-19(23)17-11-10-15-6-2-3-7-16(15)12-17/h2-12H,13-14H2,1H3,(H,22,24). The first-order valence-corrected chi connectivity index (χ1v) is 9.35. The van der Waals surface area contributed by atoms with Crippen molar-refractivity contribution in [2.75, 3.05) is 23.9 Å². The van der Waals surface area contributed by atoms with E-state index in [2.05, 4.69) is 5.32 Å². The summed E-state index contributed by atoms with van der Waals surface area (Å²) >= 11 is 1.30. The number of para-hydroxylation sites is 2. The van der Waals surface area contributed by atoms with Crippen molar-refractivity contribution in [1.82, 2.24) is 0 Å². The predicted octanol–water partition coefficient (Wildman–Crippen LogP) is 4.40. The number of nitrogens with one attached hydrogen (secondary N) is 1. The minimum Gasteiger partial charge on any atom is -0.495 e. The van der Waals surface area contributed by atoms with Gasteiger partial charge >= 0.3 is 0 Å². The SMILES string of the molecule is COc1ccccc1NC(=O)CSCC(=O)c1ccc2ccccc2c1. The van der Waals surface area contributed by atoms with Gasteiger partial charge in [-0.2, -0.15) is 0 Å². The van der Waals surface area contributed by atoms with Crippen molar-refractivity contribution >= 4 is 39.9 Å². The second kappa shape index (κ2) is 8.54. The van der Waals surface area contributed by atoms with Crippen LogP contribution < -0.4 is 10.1 Å². The van der Waals surface area contributed by atoms with Crippen LogP contribution >= 0.6 is 11.8 Å². The van der Waals surface area contributed by atoms with Crippen molar-refractivity contribution in [3.63, 3.8) is 0 Å². The van der Waals surface area contributed by atoms with Gasteiger partial charge in [-0.1, -0.05) is 48.5 Å². The lowest BCUT2D eigenvalue weighted by atomic mass is 10.1. The van der Waals surface area contributed by atoms with Crippen LogP contribution in [0.15, 0.2) is 66.7 Å². The van der Waals surface area contributed by atoms with Crippen molar-refractivity contribution in [2.45, 2.75) is 0 Å². The lowest BCUT2D eigenvalue weighted by molar-refractivity contribution is -0.113. The highest BCUT2D eigenvalue weighted by Gasteiger charge is 2.10. The molecule has 1 amide bonds. The summed E-state index contributed by atoms with van der Waals surface area (Å²) in [6, 6.07) is 20.8. The average Bonchev–Trinajstić information content (AvgIpc) is 2.68. The second-order valence-electron chi connectivity index (χ2n) is 5.73. The average molecular weight is 365 g/mol. The Balaban J connectivity index is 1.53. The number of thioether (sulfide) groups is 1. The first kappa shape index (κ1) is 18.0. The molecule has 3 rings (SSSR count). The zero-order valence-corrected chi connectivity index (χ0v) is 15.2. The van der Waals surface area contributed by atoms with Crippen LogP contribution in [0.5, 0.6) is 5.75 Å². The highest BCUT2D eigenvalue weighted by Crippen LogP contribution is 2.23. The van der Waals surface area contributed by atoms with Crippen molar-refractivity contribution < 1.29 is 14.3 Å². The van der Waals surface area contributed by atoms with Crippen LogP contribution in [0.3, 0.4) is 0 Å². The number of ketones is 1. The molecule has 0 aliphatic carbocycles. The molecule has 0 saturated carbocycles. The zero-order chi connectivity index (χ0) is 18.4. The number of hydrogen-bond donors (Lipinski definition) is 1. The predicted molar refractivity (Wildman–Crippen MR) is 107 cm³/mol. The Morgan fingerprint density at radius 2 is 1.65 bits per heavy atom. The van der Waals surface area contributed by atoms with E-state index in [-0.39, 0.29) is 23.2 Å². The molecule has 0 heterocycles. The number of hydrogen-bond acceptors (Lipinski definition) is 4. The molecule has 0 spiro atoms. The van der Waals surface area contributed by atoms with Crippen LogP contribution in [-0.4, -0.2) is 30.3 Å². The summed E-state index contributed by atoms with van der Waals surface area (Å²) in [4.78, 5) is 24.4. The second-order valence-corrected chi connectivity index (χ2v) is 6.71. The summed E-state index contributed by atoms with van der Waals surface area (Å²) < 4.78 is 5.21. The summed E-state index contributed by atoms with van der Waals surface area (Å²) in [6.07, 6.45) is 0. The van der Waals surface area contributed by atoms with Crippen molar-refractivity contribution in [3.8, 4) is 5.75 Å². The Morgan fingerprint density at radius 1 is 0.923 bits per heavy atom. The summed E-state index contributed by atoms with van der Waals surface area (Å²) in [5, 5.41) is 4.95. The molecule has 0 bridgehead atoms. The number of anilines is 1. The van der Waals surface area contributed by atoms with Crippen LogP contribution in [-0.2, 0) is 4.79 Å². The maximum Gasteiger partial charge on any atom is 0.234 e. The van der Waals surface area contributed by atoms with Crippen LogP contribution in [0.2, 0.25) is 0 Å². The third-order valence-electron chi connectivity index (χ3n) is 3.92. The molecular weight excluding hydrogens is 346 g/mol. The number of fused-ring (bicyclic) bond motifs is 1. The van der Waals surface area contributed by atoms with Crippen molar-refractivity contribution in [2.24, 2.45) is 0 Å². The van der Waals surface area contributed by atoms with Gasteiger partial charge in [0.2, 0.25) is 5.91 Å². The van der Waals surface area contributed by atoms with E-state index in [9.17, 15) is 9.59 Å². The van der Waals surface area contributed by atoms with Gasteiger partial charge in [0.1, 0.15) is 5.75 Å². The molecule has 0 aliphatic rings. The molecule has 0 aromatic heterocycles. The number of rotatable bonds is 7. The minimum absolute atomic E-state index is 0.0193. The van der Waals surface area contributed by atoms with Gasteiger partial charge < -0.3 is 10.1 Å². The normalized spacial score (nSPS) is 10.5. The molecule has 1 N–H and O–H groups in total. The Morgan fingerprint density at radius 3 is 2.46 bits per heavy atom. The van der Waals surface area contributed by atoms with Gasteiger partial charge in [0.25, 0.3) is 0 Å². The monoisotopic (exact) mass is 365 g/mol. The van der Waals surface area contributed by atoms with Crippen LogP contribution in [0.1, 0.15) is 10.4 Å². The van der Waals surface area contributed by atoms with E-state index in [0.29, 0.717) is 17.0 Å². The smallest absolute Gasteiger partial charge is 0.234 e. The molecule has 132 valence electrons. The topological polar surface area (TPSA) is 55.4 Å². The fourth-order valence-electron chi connectivity index (χ4n) is 2.62. The van der Waals surface area contributed by atoms with E-state index in [1.54, 1.807) is 19.2 Å². The maximum atomic E-state index is 12.4. The molecule has 3 aromatic carbocycles. The Hall–Kier alpha value is -2.79. The Kier molecular flexibility index (Phi) is 5.92. The van der Waals surface area contributed by atoms with Crippen LogP contribution in [0.25, 0.3) is 10.8 Å². The van der Waals surface area contributed by atoms with E-state index in [4.69, 9.17) is 4.74 Å². The first-order valence-electron chi connectivity index (χ1n) is 8.20. The fraction of sp³-hybridized carbons (Fsp3) is 0.143. The number of carbonyl (C=O) groups is 2. The molecule has 4 nitrogen and oxygen atoms in total. The van der Waals surface area contributed by atoms with Gasteiger partial charge in [-0.05, 0) is 29.0 Å². The van der Waals surface area contributed by atoms with E-state index in [1.807, 2.05) is 54.6 Å². The van der Waals surface area contributed by atoms with Crippen molar-refractivity contribution in [1.29, 1.82) is 0 Å². The molecule has 0 radical (unpaired) electrons. The van der Waals surface area contributed by atoms with Crippen molar-refractivity contribution in [3.05, 3.63) is 72.3 Å². The third kappa shape index (κ3) is 4.43. The summed E-state index contributed by atoms with van der Waals surface area (Å²) in [7, 11) is 1.56. The molecule has 5 heteroatoms. The van der Waals surface area contributed by atoms with Gasteiger partial charge in [-0.25, -0.2) is 0 Å². The molecule has 0 fully saturated rings. The molecule has 0 unspecified atom stereocenters. The molecule has 3 aromatic rings. The van der Waals surface area contributed by atoms with Gasteiger partial charge in [0, 0.05) is 5.56 Å². The zero-order valence-electron chi connectivity index (χ0n) is 14.4. The van der Waals surface area contributed by atoms with E-state index < -0.39 is 0 Å². The first-order chi connectivity index (χ1) is 12.7. The van der Waals surface area contributed by atoms with E-state index in [0.717, 1.165) is 10.8 Å². The highest BCUT2D eigenvalue weighted by atomic mass is 32.2. The fourth-order valence-corrected chi connectivity index (χ4v) is 3.33. The number of benzene rings is 3. The molecule has 26 heavy (non-hydrogen) atoms. The third-order valence-corrected chi connectivity index (χ3v) is 4.85. The van der Waals surface area contributed by atoms with Crippen LogP contribution in [0, 0.1) is 0 Å². The lowest BCUT2D eigenvalue weighted by Crippen LogP contribution is -2.16. The molecule has 0 aliphatic heterocycles. The highest BCUT2D eigenvalue weighted by molar-refractivity contribution is 8.00. The lowest BCUT2D eigenvalue weighted by Gasteiger charge is -2.09. The summed E-state index contributed by atoms with van der Waals surface area (Å²) in [5.74, 6) is 0.935. The van der Waals surface area contributed by atoms with Gasteiger partial charge in [-0.15, -0.1) is 11.8 Å². The number of carbonyl (C=O) groups excluding carboxylic acids is 2. The minimum atomic E-state index is -0.161. The summed E-state index contributed by atoms with van der Waals surface area (Å²) in [6.45, 7) is 0. The molecule has 0 atom stereocenters. The number of ether oxygens (including phenoxy) is 1. The number of methoxy groups -OCH3 is 1. The Labute approximate surface area is 156 Å². The van der Waals surface area contributed by atoms with Gasteiger partial charge in [-0.3, -0.25) is 9.59 Å². The number of Topliss-reactive ketones (excluding diaryl/α,β-unsaturated/α-hetero) is 1. The van der Waals surface area contributed by atoms with Gasteiger partial charge in [0.05, 0.1) is 24.3 Å².